The molecule has 0 saturated carbocycles. The molecular weight excluding hydrogens is 214 g/mol. The number of aliphatic hydroxyl groups is 1. The number of aliphatic hydroxyl groups excluding tert-OH is 1. The van der Waals surface area contributed by atoms with Gasteiger partial charge in [0, 0.05) is 25.1 Å². The average molecular weight is 237 g/mol. The van der Waals surface area contributed by atoms with Gasteiger partial charge >= 0.3 is 0 Å². The molecular formula is C14H23NO2. The zero-order valence-corrected chi connectivity index (χ0v) is 10.7. The van der Waals surface area contributed by atoms with Crippen molar-refractivity contribution in [2.75, 3.05) is 13.2 Å². The second-order valence-corrected chi connectivity index (χ2v) is 4.64. The molecule has 0 radical (unpaired) electrons. The largest absolute Gasteiger partial charge is 0.508 e. The first kappa shape index (κ1) is 14.0. The Morgan fingerprint density at radius 2 is 1.94 bits per heavy atom. The summed E-state index contributed by atoms with van der Waals surface area (Å²) in [6.07, 6.45) is 1.93. The maximum Gasteiger partial charge on any atom is 0.115 e. The monoisotopic (exact) mass is 237 g/mol. The number of hydrogen-bond acceptors (Lipinski definition) is 3. The number of rotatable bonds is 7. The minimum absolute atomic E-state index is 0.0170. The first-order valence-electron chi connectivity index (χ1n) is 6.25. The second-order valence-electron chi connectivity index (χ2n) is 4.64. The molecule has 0 aromatic heterocycles. The number of benzene rings is 1. The summed E-state index contributed by atoms with van der Waals surface area (Å²) in [4.78, 5) is 0. The van der Waals surface area contributed by atoms with Crippen LogP contribution in [0.2, 0.25) is 0 Å². The highest BCUT2D eigenvalue weighted by Gasteiger charge is 2.24. The summed E-state index contributed by atoms with van der Waals surface area (Å²) in [7, 11) is 0. The van der Waals surface area contributed by atoms with E-state index in [1.54, 1.807) is 12.1 Å². The molecule has 0 aliphatic rings. The molecule has 0 aliphatic heterocycles. The van der Waals surface area contributed by atoms with E-state index < -0.39 is 0 Å². The second kappa shape index (κ2) is 6.62. The molecule has 1 rings (SSSR count). The third kappa shape index (κ3) is 4.02. The van der Waals surface area contributed by atoms with Crippen LogP contribution in [0.15, 0.2) is 24.3 Å². The molecule has 0 amide bonds. The lowest BCUT2D eigenvalue weighted by Crippen LogP contribution is -2.36. The Morgan fingerprint density at radius 3 is 2.47 bits per heavy atom. The number of aromatic hydroxyl groups is 1. The molecule has 1 aromatic rings. The van der Waals surface area contributed by atoms with E-state index in [0.717, 1.165) is 31.5 Å². The van der Waals surface area contributed by atoms with E-state index >= 15 is 0 Å². The Kier molecular flexibility index (Phi) is 5.45. The number of nitrogens with one attached hydrogen (secondary N) is 1. The van der Waals surface area contributed by atoms with Crippen molar-refractivity contribution in [3.8, 4) is 5.75 Å². The van der Waals surface area contributed by atoms with Crippen LogP contribution in [-0.4, -0.2) is 23.4 Å². The standard InChI is InChI=1S/C14H23NO2/c1-3-14(4-2,11-16)10-15-9-12-6-5-7-13(17)8-12/h5-8,15-17H,3-4,9-11H2,1-2H3. The molecule has 17 heavy (non-hydrogen) atoms. The van der Waals surface area contributed by atoms with Gasteiger partial charge in [0.15, 0.2) is 0 Å². The normalized spacial score (nSPS) is 11.7. The van der Waals surface area contributed by atoms with Crippen LogP contribution in [0.3, 0.4) is 0 Å². The van der Waals surface area contributed by atoms with Gasteiger partial charge < -0.3 is 15.5 Å². The van der Waals surface area contributed by atoms with E-state index in [1.165, 1.54) is 0 Å². The third-order valence-electron chi connectivity index (χ3n) is 3.58. The van der Waals surface area contributed by atoms with Crippen molar-refractivity contribution in [3.63, 3.8) is 0 Å². The predicted octanol–water partition coefficient (Wildman–Crippen LogP) is 2.28. The fourth-order valence-electron chi connectivity index (χ4n) is 1.92. The summed E-state index contributed by atoms with van der Waals surface area (Å²) in [5.41, 5.74) is 1.04. The Balaban J connectivity index is 2.46. The van der Waals surface area contributed by atoms with E-state index in [9.17, 15) is 10.2 Å². The van der Waals surface area contributed by atoms with Gasteiger partial charge in [-0.05, 0) is 30.5 Å². The van der Waals surface area contributed by atoms with Crippen molar-refractivity contribution in [3.05, 3.63) is 29.8 Å². The van der Waals surface area contributed by atoms with Crippen LogP contribution < -0.4 is 5.32 Å². The molecule has 3 nitrogen and oxygen atoms in total. The van der Waals surface area contributed by atoms with E-state index in [-0.39, 0.29) is 12.0 Å². The van der Waals surface area contributed by atoms with Gasteiger partial charge in [-0.25, -0.2) is 0 Å². The summed E-state index contributed by atoms with van der Waals surface area (Å²) in [6, 6.07) is 7.24. The summed E-state index contributed by atoms with van der Waals surface area (Å²) in [5, 5.41) is 22.1. The first-order valence-corrected chi connectivity index (χ1v) is 6.25. The Morgan fingerprint density at radius 1 is 1.24 bits per heavy atom. The molecule has 1 aromatic carbocycles. The molecule has 0 heterocycles. The van der Waals surface area contributed by atoms with Crippen molar-refractivity contribution in [1.82, 2.24) is 5.32 Å². The maximum absolute atomic E-state index is 9.44. The lowest BCUT2D eigenvalue weighted by Gasteiger charge is -2.29. The zero-order valence-electron chi connectivity index (χ0n) is 10.7. The topological polar surface area (TPSA) is 52.5 Å². The smallest absolute Gasteiger partial charge is 0.115 e. The van der Waals surface area contributed by atoms with Crippen LogP contribution in [0.1, 0.15) is 32.3 Å². The Bertz CT molecular complexity index is 326. The Hall–Kier alpha value is -1.06. The molecule has 0 spiro atoms. The van der Waals surface area contributed by atoms with Crippen molar-refractivity contribution in [2.45, 2.75) is 33.2 Å². The van der Waals surface area contributed by atoms with Crippen LogP contribution >= 0.6 is 0 Å². The lowest BCUT2D eigenvalue weighted by molar-refractivity contribution is 0.113. The molecule has 0 saturated heterocycles. The van der Waals surface area contributed by atoms with Gasteiger partial charge in [0.25, 0.3) is 0 Å². The molecule has 0 fully saturated rings. The molecule has 0 unspecified atom stereocenters. The lowest BCUT2D eigenvalue weighted by atomic mass is 9.83. The molecule has 0 bridgehead atoms. The van der Waals surface area contributed by atoms with Gasteiger partial charge in [-0.3, -0.25) is 0 Å². The van der Waals surface area contributed by atoms with Crippen LogP contribution in [0, 0.1) is 5.41 Å². The van der Waals surface area contributed by atoms with Crippen LogP contribution in [0.5, 0.6) is 5.75 Å². The van der Waals surface area contributed by atoms with Gasteiger partial charge in [-0.2, -0.15) is 0 Å². The fourth-order valence-corrected chi connectivity index (χ4v) is 1.92. The van der Waals surface area contributed by atoms with Gasteiger partial charge in [-0.1, -0.05) is 26.0 Å². The van der Waals surface area contributed by atoms with Gasteiger partial charge in [0.1, 0.15) is 5.75 Å². The number of phenolic OH excluding ortho intramolecular Hbond substituents is 1. The van der Waals surface area contributed by atoms with Crippen LogP contribution in [0.4, 0.5) is 0 Å². The minimum atomic E-state index is -0.0170. The van der Waals surface area contributed by atoms with Gasteiger partial charge in [0.2, 0.25) is 0 Å². The van der Waals surface area contributed by atoms with E-state index in [0.29, 0.717) is 5.75 Å². The molecule has 96 valence electrons. The zero-order chi connectivity index (χ0) is 12.7. The van der Waals surface area contributed by atoms with Crippen molar-refractivity contribution >= 4 is 0 Å². The molecule has 3 heteroatoms. The van der Waals surface area contributed by atoms with E-state index in [1.807, 2.05) is 12.1 Å². The summed E-state index contributed by atoms with van der Waals surface area (Å²) in [6.45, 7) is 5.95. The highest BCUT2D eigenvalue weighted by atomic mass is 16.3. The SMILES string of the molecule is CCC(CC)(CO)CNCc1cccc(O)c1. The van der Waals surface area contributed by atoms with Gasteiger partial charge in [-0.15, -0.1) is 0 Å². The maximum atomic E-state index is 9.44. The summed E-state index contributed by atoms with van der Waals surface area (Å²) >= 11 is 0. The van der Waals surface area contributed by atoms with Crippen LogP contribution in [-0.2, 0) is 6.54 Å². The van der Waals surface area contributed by atoms with Gasteiger partial charge in [0.05, 0.1) is 0 Å². The molecule has 0 atom stereocenters. The molecule has 0 aliphatic carbocycles. The van der Waals surface area contributed by atoms with Crippen LogP contribution in [0.25, 0.3) is 0 Å². The number of hydrogen-bond donors (Lipinski definition) is 3. The first-order chi connectivity index (χ1) is 8.15. The van der Waals surface area contributed by atoms with Crippen molar-refractivity contribution in [2.24, 2.45) is 5.41 Å². The van der Waals surface area contributed by atoms with Crippen molar-refractivity contribution in [1.29, 1.82) is 0 Å². The fraction of sp³-hybridized carbons (Fsp3) is 0.571. The predicted molar refractivity (Wildman–Crippen MR) is 69.9 cm³/mol. The molecule has 3 N–H and O–H groups in total. The minimum Gasteiger partial charge on any atom is -0.508 e. The van der Waals surface area contributed by atoms with Crippen molar-refractivity contribution < 1.29 is 10.2 Å². The average Bonchev–Trinajstić information content (AvgIpc) is 2.35. The van der Waals surface area contributed by atoms with E-state index in [4.69, 9.17) is 0 Å². The highest BCUT2D eigenvalue weighted by Crippen LogP contribution is 2.24. The third-order valence-corrected chi connectivity index (χ3v) is 3.58. The van der Waals surface area contributed by atoms with E-state index in [2.05, 4.69) is 19.2 Å². The highest BCUT2D eigenvalue weighted by molar-refractivity contribution is 5.26. The number of phenols is 1. The quantitative estimate of drug-likeness (QED) is 0.682. The summed E-state index contributed by atoms with van der Waals surface area (Å²) < 4.78 is 0. The Labute approximate surface area is 103 Å². The summed E-state index contributed by atoms with van der Waals surface area (Å²) in [5.74, 6) is 0.295.